The van der Waals surface area contributed by atoms with Gasteiger partial charge in [0.15, 0.2) is 17.5 Å². The van der Waals surface area contributed by atoms with E-state index in [9.17, 15) is 13.2 Å². The summed E-state index contributed by atoms with van der Waals surface area (Å²) in [5, 5.41) is 2.71. The van der Waals surface area contributed by atoms with Crippen LogP contribution in [-0.2, 0) is 0 Å². The van der Waals surface area contributed by atoms with Gasteiger partial charge in [0, 0.05) is 23.9 Å². The molecule has 2 aromatic rings. The van der Waals surface area contributed by atoms with E-state index in [0.29, 0.717) is 17.1 Å². The Balaban J connectivity index is 2.31. The van der Waals surface area contributed by atoms with Crippen LogP contribution < -0.4 is 15.8 Å². The number of nitrogens with two attached hydrogens (primary N) is 1. The number of hydrogen-bond acceptors (Lipinski definition) is 3. The average Bonchev–Trinajstić information content (AvgIpc) is 2.38. The van der Waals surface area contributed by atoms with Gasteiger partial charge in [0.1, 0.15) is 5.75 Å². The Morgan fingerprint density at radius 1 is 1.05 bits per heavy atom. The van der Waals surface area contributed by atoms with Gasteiger partial charge in [-0.2, -0.15) is 0 Å². The van der Waals surface area contributed by atoms with E-state index >= 15 is 0 Å². The summed E-state index contributed by atoms with van der Waals surface area (Å²) in [4.78, 5) is 0. The third-order valence-corrected chi connectivity index (χ3v) is 2.52. The van der Waals surface area contributed by atoms with E-state index in [1.54, 1.807) is 18.2 Å². The van der Waals surface area contributed by atoms with Gasteiger partial charge in [0.25, 0.3) is 0 Å². The maximum atomic E-state index is 13.1. The molecule has 6 heteroatoms. The first-order chi connectivity index (χ1) is 9.01. The number of anilines is 3. The Bertz CT molecular complexity index is 594. The first-order valence-electron chi connectivity index (χ1n) is 5.36. The highest BCUT2D eigenvalue weighted by Crippen LogP contribution is 2.28. The van der Waals surface area contributed by atoms with Crippen LogP contribution in [0.4, 0.5) is 30.2 Å². The summed E-state index contributed by atoms with van der Waals surface area (Å²) >= 11 is 0. The van der Waals surface area contributed by atoms with Crippen LogP contribution in [0.2, 0.25) is 0 Å². The fourth-order valence-corrected chi connectivity index (χ4v) is 1.56. The van der Waals surface area contributed by atoms with Gasteiger partial charge < -0.3 is 15.8 Å². The van der Waals surface area contributed by atoms with Gasteiger partial charge >= 0.3 is 0 Å². The van der Waals surface area contributed by atoms with Gasteiger partial charge in [-0.1, -0.05) is 0 Å². The van der Waals surface area contributed by atoms with E-state index in [0.717, 1.165) is 12.1 Å². The topological polar surface area (TPSA) is 47.3 Å². The minimum absolute atomic E-state index is 0.0632. The van der Waals surface area contributed by atoms with Crippen molar-refractivity contribution in [3.05, 3.63) is 47.8 Å². The monoisotopic (exact) mass is 268 g/mol. The zero-order chi connectivity index (χ0) is 14.0. The first-order valence-corrected chi connectivity index (χ1v) is 5.36. The highest BCUT2D eigenvalue weighted by atomic mass is 19.2. The number of benzene rings is 2. The van der Waals surface area contributed by atoms with Crippen LogP contribution in [0.25, 0.3) is 0 Å². The number of rotatable bonds is 3. The van der Waals surface area contributed by atoms with E-state index in [1.807, 2.05) is 0 Å². The lowest BCUT2D eigenvalue weighted by molar-refractivity contribution is 0.415. The lowest BCUT2D eigenvalue weighted by Gasteiger charge is -2.11. The molecule has 0 fully saturated rings. The molecule has 0 heterocycles. The lowest BCUT2D eigenvalue weighted by Crippen LogP contribution is -1.99. The fraction of sp³-hybridized carbons (Fsp3) is 0.0769. The maximum absolute atomic E-state index is 13.1. The van der Waals surface area contributed by atoms with Crippen LogP contribution in [0.5, 0.6) is 5.75 Å². The van der Waals surface area contributed by atoms with E-state index in [4.69, 9.17) is 10.5 Å². The Kier molecular flexibility index (Phi) is 3.50. The van der Waals surface area contributed by atoms with Gasteiger partial charge in [-0.05, 0) is 12.1 Å². The zero-order valence-electron chi connectivity index (χ0n) is 10.0. The largest absolute Gasteiger partial charge is 0.497 e. The van der Waals surface area contributed by atoms with Gasteiger partial charge in [0.05, 0.1) is 18.5 Å². The minimum Gasteiger partial charge on any atom is -0.497 e. The van der Waals surface area contributed by atoms with Crippen LogP contribution >= 0.6 is 0 Å². The highest BCUT2D eigenvalue weighted by molar-refractivity contribution is 5.73. The van der Waals surface area contributed by atoms with Crippen LogP contribution in [0, 0.1) is 17.5 Å². The predicted molar refractivity (Wildman–Crippen MR) is 67.0 cm³/mol. The van der Waals surface area contributed by atoms with Gasteiger partial charge in [-0.15, -0.1) is 0 Å². The Morgan fingerprint density at radius 3 is 2.21 bits per heavy atom. The normalized spacial score (nSPS) is 10.3. The van der Waals surface area contributed by atoms with Crippen molar-refractivity contribution in [2.45, 2.75) is 0 Å². The molecule has 0 aliphatic carbocycles. The second kappa shape index (κ2) is 5.09. The standard InChI is InChI=1S/C13H11F3N2O/c1-19-8-2-3-12(11(17)6-8)18-7-4-9(14)13(16)10(15)5-7/h2-6,18H,17H2,1H3. The summed E-state index contributed by atoms with van der Waals surface area (Å²) in [5.41, 5.74) is 6.58. The SMILES string of the molecule is COc1ccc(Nc2cc(F)c(F)c(F)c2)c(N)c1. The molecule has 3 N–H and O–H groups in total. The lowest BCUT2D eigenvalue weighted by atomic mass is 10.2. The quantitative estimate of drug-likeness (QED) is 0.662. The van der Waals surface area contributed by atoms with Crippen molar-refractivity contribution in [1.82, 2.24) is 0 Å². The summed E-state index contributed by atoms with van der Waals surface area (Å²) in [6, 6.07) is 6.48. The Labute approximate surface area is 107 Å². The van der Waals surface area contributed by atoms with Crippen molar-refractivity contribution in [3.63, 3.8) is 0 Å². The molecule has 0 bridgehead atoms. The molecule has 3 nitrogen and oxygen atoms in total. The number of methoxy groups -OCH3 is 1. The second-order valence-electron chi connectivity index (χ2n) is 3.83. The maximum Gasteiger partial charge on any atom is 0.194 e. The molecular formula is C13H11F3N2O. The van der Waals surface area contributed by atoms with Crippen molar-refractivity contribution in [2.75, 3.05) is 18.2 Å². The van der Waals surface area contributed by atoms with Crippen LogP contribution in [0.3, 0.4) is 0 Å². The molecule has 0 saturated carbocycles. The summed E-state index contributed by atoms with van der Waals surface area (Å²) in [5.74, 6) is -3.49. The first kappa shape index (κ1) is 13.1. The number of halogens is 3. The molecule has 0 spiro atoms. The van der Waals surface area contributed by atoms with Crippen molar-refractivity contribution < 1.29 is 17.9 Å². The summed E-state index contributed by atoms with van der Waals surface area (Å²) in [7, 11) is 1.49. The van der Waals surface area contributed by atoms with Crippen molar-refractivity contribution in [3.8, 4) is 5.75 Å². The molecule has 2 rings (SSSR count). The molecule has 0 aromatic heterocycles. The Morgan fingerprint density at radius 2 is 1.68 bits per heavy atom. The van der Waals surface area contributed by atoms with Crippen molar-refractivity contribution >= 4 is 17.1 Å². The van der Waals surface area contributed by atoms with E-state index in [2.05, 4.69) is 5.32 Å². The molecule has 0 unspecified atom stereocenters. The van der Waals surface area contributed by atoms with Crippen molar-refractivity contribution in [1.29, 1.82) is 0 Å². The van der Waals surface area contributed by atoms with Crippen LogP contribution in [0.1, 0.15) is 0 Å². The predicted octanol–water partition coefficient (Wildman–Crippen LogP) is 3.44. The van der Waals surface area contributed by atoms with E-state index in [1.165, 1.54) is 7.11 Å². The third-order valence-electron chi connectivity index (χ3n) is 2.52. The van der Waals surface area contributed by atoms with E-state index < -0.39 is 17.5 Å². The Hall–Kier alpha value is -2.37. The van der Waals surface area contributed by atoms with Gasteiger partial charge in [0.2, 0.25) is 0 Å². The second-order valence-corrected chi connectivity index (χ2v) is 3.83. The van der Waals surface area contributed by atoms with Crippen LogP contribution in [-0.4, -0.2) is 7.11 Å². The van der Waals surface area contributed by atoms with Crippen molar-refractivity contribution in [2.24, 2.45) is 0 Å². The minimum atomic E-state index is -1.51. The smallest absolute Gasteiger partial charge is 0.194 e. The number of nitrogen functional groups attached to an aromatic ring is 1. The van der Waals surface area contributed by atoms with Crippen LogP contribution in [0.15, 0.2) is 30.3 Å². The molecular weight excluding hydrogens is 257 g/mol. The molecule has 0 amide bonds. The molecule has 0 atom stereocenters. The molecule has 0 radical (unpaired) electrons. The molecule has 100 valence electrons. The number of hydrogen-bond donors (Lipinski definition) is 2. The van der Waals surface area contributed by atoms with E-state index in [-0.39, 0.29) is 5.69 Å². The summed E-state index contributed by atoms with van der Waals surface area (Å²) < 4.78 is 43.9. The number of ether oxygens (including phenoxy) is 1. The molecule has 0 saturated heterocycles. The van der Waals surface area contributed by atoms with Gasteiger partial charge in [-0.25, -0.2) is 13.2 Å². The molecule has 2 aromatic carbocycles. The third kappa shape index (κ3) is 2.73. The average molecular weight is 268 g/mol. The fourth-order valence-electron chi connectivity index (χ4n) is 1.56. The van der Waals surface area contributed by atoms with Gasteiger partial charge in [-0.3, -0.25) is 0 Å². The molecule has 0 aliphatic rings. The summed E-state index contributed by atoms with van der Waals surface area (Å²) in [6.45, 7) is 0. The zero-order valence-corrected chi connectivity index (χ0v) is 10.0. The summed E-state index contributed by atoms with van der Waals surface area (Å²) in [6.07, 6.45) is 0. The molecule has 19 heavy (non-hydrogen) atoms. The number of nitrogens with one attached hydrogen (secondary N) is 1. The molecule has 0 aliphatic heterocycles. The highest BCUT2D eigenvalue weighted by Gasteiger charge is 2.11.